The number of nitrogens with zero attached hydrogens (tertiary/aromatic N) is 2. The lowest BCUT2D eigenvalue weighted by Crippen LogP contribution is -2.27. The van der Waals surface area contributed by atoms with E-state index in [2.05, 4.69) is 15.3 Å². The molecule has 1 aromatic heterocycles. The maximum absolute atomic E-state index is 6.32. The zero-order chi connectivity index (χ0) is 13.0. The molecule has 2 rings (SSSR count). The molecule has 0 saturated heterocycles. The summed E-state index contributed by atoms with van der Waals surface area (Å²) in [7, 11) is 1.53. The normalized spacial score (nSPS) is 23.7. The number of hydrogen-bond donors (Lipinski definition) is 1. The van der Waals surface area contributed by atoms with Crippen molar-refractivity contribution in [3.63, 3.8) is 0 Å². The summed E-state index contributed by atoms with van der Waals surface area (Å²) in [5.41, 5.74) is 0. The Hall–Kier alpha value is -0.740. The van der Waals surface area contributed by atoms with Gasteiger partial charge in [0.1, 0.15) is 5.02 Å². The highest BCUT2D eigenvalue weighted by atomic mass is 35.5. The molecular formula is C12H17Cl2N3O. The summed E-state index contributed by atoms with van der Waals surface area (Å²) in [6.45, 7) is 0.786. The van der Waals surface area contributed by atoms with Crippen molar-refractivity contribution in [1.82, 2.24) is 9.97 Å². The quantitative estimate of drug-likeness (QED) is 0.864. The highest BCUT2D eigenvalue weighted by Gasteiger charge is 2.23. The van der Waals surface area contributed by atoms with Crippen LogP contribution in [-0.4, -0.2) is 29.0 Å². The van der Waals surface area contributed by atoms with Gasteiger partial charge < -0.3 is 10.1 Å². The van der Waals surface area contributed by atoms with Crippen LogP contribution in [0.25, 0.3) is 0 Å². The molecule has 1 fully saturated rings. The summed E-state index contributed by atoms with van der Waals surface area (Å²) in [5.74, 6) is 1.08. The molecule has 1 aliphatic carbocycles. The SMILES string of the molecule is COc1ncc(Cl)c(NCC2CCCCC2Cl)n1. The average Bonchev–Trinajstić information content (AvgIpc) is 2.39. The zero-order valence-corrected chi connectivity index (χ0v) is 11.8. The summed E-state index contributed by atoms with van der Waals surface area (Å²) >= 11 is 12.3. The lowest BCUT2D eigenvalue weighted by atomic mass is 9.89. The van der Waals surface area contributed by atoms with Crippen LogP contribution in [0.1, 0.15) is 25.7 Å². The molecular weight excluding hydrogens is 273 g/mol. The fraction of sp³-hybridized carbons (Fsp3) is 0.667. The van der Waals surface area contributed by atoms with Crippen LogP contribution in [0.4, 0.5) is 5.82 Å². The molecule has 1 saturated carbocycles. The number of rotatable bonds is 4. The first-order chi connectivity index (χ1) is 8.70. The Balaban J connectivity index is 1.96. The summed E-state index contributed by atoms with van der Waals surface area (Å²) < 4.78 is 4.98. The number of alkyl halides is 1. The van der Waals surface area contributed by atoms with Crippen LogP contribution in [0.15, 0.2) is 6.20 Å². The molecule has 6 heteroatoms. The first-order valence-corrected chi connectivity index (χ1v) is 6.96. The number of aromatic nitrogens is 2. The minimum absolute atomic E-state index is 0.244. The van der Waals surface area contributed by atoms with Crippen molar-refractivity contribution in [3.8, 4) is 6.01 Å². The van der Waals surface area contributed by atoms with E-state index in [9.17, 15) is 0 Å². The van der Waals surface area contributed by atoms with E-state index >= 15 is 0 Å². The largest absolute Gasteiger partial charge is 0.467 e. The maximum Gasteiger partial charge on any atom is 0.318 e. The van der Waals surface area contributed by atoms with E-state index in [0.717, 1.165) is 19.4 Å². The summed E-state index contributed by atoms with van der Waals surface area (Å²) in [6.07, 6.45) is 6.26. The van der Waals surface area contributed by atoms with Gasteiger partial charge in [0.05, 0.1) is 13.3 Å². The molecule has 0 bridgehead atoms. The van der Waals surface area contributed by atoms with Crippen LogP contribution in [-0.2, 0) is 0 Å². The Bertz CT molecular complexity index is 403. The van der Waals surface area contributed by atoms with E-state index in [1.54, 1.807) is 0 Å². The number of halogens is 2. The standard InChI is InChI=1S/C12H17Cl2N3O/c1-18-12-16-7-10(14)11(17-12)15-6-8-4-2-3-5-9(8)13/h7-9H,2-6H2,1H3,(H,15,16,17). The van der Waals surface area contributed by atoms with E-state index in [-0.39, 0.29) is 5.38 Å². The van der Waals surface area contributed by atoms with Gasteiger partial charge in [-0.25, -0.2) is 4.98 Å². The molecule has 0 aromatic carbocycles. The van der Waals surface area contributed by atoms with Crippen molar-refractivity contribution >= 4 is 29.0 Å². The van der Waals surface area contributed by atoms with Gasteiger partial charge in [-0.15, -0.1) is 11.6 Å². The van der Waals surface area contributed by atoms with Crippen LogP contribution in [0.2, 0.25) is 5.02 Å². The summed E-state index contributed by atoms with van der Waals surface area (Å²) in [6, 6.07) is 0.313. The Morgan fingerprint density at radius 3 is 2.94 bits per heavy atom. The van der Waals surface area contributed by atoms with Gasteiger partial charge in [0, 0.05) is 11.9 Å². The molecule has 0 aliphatic heterocycles. The molecule has 1 aromatic rings. The van der Waals surface area contributed by atoms with Gasteiger partial charge >= 0.3 is 6.01 Å². The van der Waals surface area contributed by atoms with Crippen LogP contribution in [0.5, 0.6) is 6.01 Å². The number of anilines is 1. The minimum atomic E-state index is 0.244. The van der Waals surface area contributed by atoms with Crippen LogP contribution < -0.4 is 10.1 Å². The van der Waals surface area contributed by atoms with Gasteiger partial charge in [0.25, 0.3) is 0 Å². The van der Waals surface area contributed by atoms with Crippen LogP contribution in [0.3, 0.4) is 0 Å². The number of methoxy groups -OCH3 is 1. The second-order valence-corrected chi connectivity index (χ2v) is 5.46. The lowest BCUT2D eigenvalue weighted by Gasteiger charge is -2.27. The third-order valence-corrected chi connectivity index (χ3v) is 4.10. The second kappa shape index (κ2) is 6.43. The van der Waals surface area contributed by atoms with Crippen LogP contribution >= 0.6 is 23.2 Å². The molecule has 100 valence electrons. The van der Waals surface area contributed by atoms with Gasteiger partial charge in [-0.2, -0.15) is 4.98 Å². The number of hydrogen-bond acceptors (Lipinski definition) is 4. The zero-order valence-electron chi connectivity index (χ0n) is 10.3. The van der Waals surface area contributed by atoms with E-state index in [1.807, 2.05) is 0 Å². The Morgan fingerprint density at radius 1 is 1.44 bits per heavy atom. The highest BCUT2D eigenvalue weighted by molar-refractivity contribution is 6.32. The van der Waals surface area contributed by atoms with E-state index in [4.69, 9.17) is 27.9 Å². The number of ether oxygens (including phenoxy) is 1. The summed E-state index contributed by atoms with van der Waals surface area (Å²) in [4.78, 5) is 8.12. The van der Waals surface area contributed by atoms with Crippen molar-refractivity contribution in [3.05, 3.63) is 11.2 Å². The van der Waals surface area contributed by atoms with E-state index < -0.39 is 0 Å². The first kappa shape index (κ1) is 13.7. The fourth-order valence-corrected chi connectivity index (χ4v) is 2.72. The lowest BCUT2D eigenvalue weighted by molar-refractivity contribution is 0.375. The van der Waals surface area contributed by atoms with Crippen molar-refractivity contribution in [2.75, 3.05) is 19.0 Å². The van der Waals surface area contributed by atoms with Gasteiger partial charge in [0.15, 0.2) is 5.82 Å². The predicted molar refractivity (Wildman–Crippen MR) is 73.7 cm³/mol. The monoisotopic (exact) mass is 289 g/mol. The molecule has 2 unspecified atom stereocenters. The Morgan fingerprint density at radius 2 is 2.22 bits per heavy atom. The molecule has 1 aliphatic rings. The minimum Gasteiger partial charge on any atom is -0.467 e. The Labute approximate surface area is 117 Å². The predicted octanol–water partition coefficient (Wildman–Crippen LogP) is 3.35. The first-order valence-electron chi connectivity index (χ1n) is 6.15. The highest BCUT2D eigenvalue weighted by Crippen LogP contribution is 2.29. The van der Waals surface area contributed by atoms with Crippen molar-refractivity contribution in [2.45, 2.75) is 31.1 Å². The van der Waals surface area contributed by atoms with E-state index in [1.165, 1.54) is 26.1 Å². The van der Waals surface area contributed by atoms with Crippen molar-refractivity contribution in [2.24, 2.45) is 5.92 Å². The fourth-order valence-electron chi connectivity index (χ4n) is 2.19. The second-order valence-electron chi connectivity index (χ2n) is 4.49. The molecule has 4 nitrogen and oxygen atoms in total. The smallest absolute Gasteiger partial charge is 0.318 e. The third kappa shape index (κ3) is 3.39. The van der Waals surface area contributed by atoms with Gasteiger partial charge in [-0.1, -0.05) is 24.4 Å². The topological polar surface area (TPSA) is 47.0 Å². The molecule has 0 radical (unpaired) electrons. The van der Waals surface area contributed by atoms with Crippen molar-refractivity contribution in [1.29, 1.82) is 0 Å². The van der Waals surface area contributed by atoms with Gasteiger partial charge in [-0.05, 0) is 18.8 Å². The van der Waals surface area contributed by atoms with Gasteiger partial charge in [0.2, 0.25) is 0 Å². The molecule has 0 spiro atoms. The third-order valence-electron chi connectivity index (χ3n) is 3.25. The maximum atomic E-state index is 6.32. The van der Waals surface area contributed by atoms with Gasteiger partial charge in [-0.3, -0.25) is 0 Å². The molecule has 1 N–H and O–H groups in total. The van der Waals surface area contributed by atoms with Crippen molar-refractivity contribution < 1.29 is 4.74 Å². The average molecular weight is 290 g/mol. The van der Waals surface area contributed by atoms with E-state index in [0.29, 0.717) is 22.8 Å². The number of nitrogens with one attached hydrogen (secondary N) is 1. The molecule has 18 heavy (non-hydrogen) atoms. The van der Waals surface area contributed by atoms with Crippen LogP contribution in [0, 0.1) is 5.92 Å². The molecule has 2 atom stereocenters. The Kier molecular flexibility index (Phi) is 4.89. The summed E-state index contributed by atoms with van der Waals surface area (Å²) in [5, 5.41) is 3.98. The molecule has 0 amide bonds. The molecule has 1 heterocycles.